The standard InChI is InChI=1S/3C13H20.C12H19N.C11H17N.CH4/c3*1-9(2)12-6-7-13(10(3)4)11(5)8-12;1-8(2)11-6-10(5)12(9(3)4)13-7-11;1-8(2)10-5-6-11(9(3)4)12-7-10;/h3*6-10H,1-5H3;6-9H,1-5H3;5-9H,1-4H3;1H4. The molecular weight excluding hydrogens is 785 g/mol. The third-order valence-corrected chi connectivity index (χ3v) is 12.2. The van der Waals surface area contributed by atoms with Crippen molar-refractivity contribution in [1.82, 2.24) is 9.97 Å². The molecule has 0 aliphatic carbocycles. The Hall–Kier alpha value is -4.04. The Balaban J connectivity index is 0.000000785. The van der Waals surface area contributed by atoms with Gasteiger partial charge in [0.15, 0.2) is 0 Å². The third-order valence-electron chi connectivity index (χ3n) is 12.2. The molecule has 5 rings (SSSR count). The zero-order chi connectivity index (χ0) is 49.2. The number of pyridine rings is 2. The van der Waals surface area contributed by atoms with Crippen LogP contribution >= 0.6 is 0 Å². The number of hydrogen-bond donors (Lipinski definition) is 0. The van der Waals surface area contributed by atoms with Crippen LogP contribution in [0.2, 0.25) is 0 Å². The van der Waals surface area contributed by atoms with Crippen molar-refractivity contribution < 1.29 is 0 Å². The predicted octanol–water partition coefficient (Wildman–Crippen LogP) is 20.3. The second-order valence-corrected chi connectivity index (χ2v) is 21.4. The Morgan fingerprint density at radius 1 is 0.277 bits per heavy atom. The summed E-state index contributed by atoms with van der Waals surface area (Å²) in [4.78, 5) is 8.90. The third kappa shape index (κ3) is 21.0. The minimum Gasteiger partial charge on any atom is -0.261 e. The Labute approximate surface area is 404 Å². The number of benzene rings is 3. The summed E-state index contributed by atoms with van der Waals surface area (Å²) in [5.41, 5.74) is 19.4. The summed E-state index contributed by atoms with van der Waals surface area (Å²) in [6, 6.07) is 27.1. The monoisotopic (exact) mass is 885 g/mol. The number of nitrogens with zero attached hydrogens (tertiary/aromatic N) is 2. The average molecular weight is 886 g/mol. The van der Waals surface area contributed by atoms with Crippen LogP contribution in [-0.4, -0.2) is 9.97 Å². The summed E-state index contributed by atoms with van der Waals surface area (Å²) < 4.78 is 0. The molecule has 2 nitrogen and oxygen atoms in total. The van der Waals surface area contributed by atoms with Crippen molar-refractivity contribution in [3.8, 4) is 0 Å². The first-order valence-corrected chi connectivity index (χ1v) is 24.9. The van der Waals surface area contributed by atoms with Gasteiger partial charge in [-0.15, -0.1) is 0 Å². The molecule has 0 saturated heterocycles. The van der Waals surface area contributed by atoms with Crippen LogP contribution in [0, 0.1) is 27.7 Å². The number of hydrogen-bond acceptors (Lipinski definition) is 2. The minimum atomic E-state index is 0. The predicted molar refractivity (Wildman–Crippen MR) is 294 cm³/mol. The van der Waals surface area contributed by atoms with Crippen molar-refractivity contribution in [2.24, 2.45) is 0 Å². The summed E-state index contributed by atoms with van der Waals surface area (Å²) in [5.74, 6) is 6.06. The van der Waals surface area contributed by atoms with Gasteiger partial charge in [0.1, 0.15) is 0 Å². The maximum Gasteiger partial charge on any atom is 0.0458 e. The van der Waals surface area contributed by atoms with Gasteiger partial charge in [-0.3, -0.25) is 9.97 Å². The van der Waals surface area contributed by atoms with E-state index in [-0.39, 0.29) is 7.43 Å². The van der Waals surface area contributed by atoms with Gasteiger partial charge >= 0.3 is 0 Å². The lowest BCUT2D eigenvalue weighted by Crippen LogP contribution is -1.99. The van der Waals surface area contributed by atoms with Crippen molar-refractivity contribution in [2.75, 3.05) is 0 Å². The summed E-state index contributed by atoms with van der Waals surface area (Å²) in [5, 5.41) is 0. The van der Waals surface area contributed by atoms with E-state index >= 15 is 0 Å². The van der Waals surface area contributed by atoms with Gasteiger partial charge in [-0.2, -0.15) is 0 Å². The van der Waals surface area contributed by atoms with Crippen LogP contribution < -0.4 is 0 Å². The van der Waals surface area contributed by atoms with Crippen LogP contribution in [0.5, 0.6) is 0 Å². The van der Waals surface area contributed by atoms with Gasteiger partial charge in [-0.05, 0) is 160 Å². The zero-order valence-corrected chi connectivity index (χ0v) is 45.8. The molecule has 0 bridgehead atoms. The quantitative estimate of drug-likeness (QED) is 0.140. The lowest BCUT2D eigenvalue weighted by molar-refractivity contribution is 0.791. The molecule has 0 saturated carbocycles. The highest BCUT2D eigenvalue weighted by Gasteiger charge is 2.10. The summed E-state index contributed by atoms with van der Waals surface area (Å²) in [7, 11) is 0. The summed E-state index contributed by atoms with van der Waals surface area (Å²) >= 11 is 0. The maximum atomic E-state index is 4.50. The first-order valence-electron chi connectivity index (χ1n) is 24.9. The molecule has 2 aromatic heterocycles. The number of rotatable bonds is 10. The molecular formula is C63H100N2. The van der Waals surface area contributed by atoms with E-state index in [4.69, 9.17) is 0 Å². The van der Waals surface area contributed by atoms with E-state index in [1.807, 2.05) is 12.4 Å². The molecule has 2 heteroatoms. The van der Waals surface area contributed by atoms with Crippen molar-refractivity contribution in [1.29, 1.82) is 0 Å². The molecule has 0 aliphatic rings. The van der Waals surface area contributed by atoms with Gasteiger partial charge in [-0.1, -0.05) is 213 Å². The van der Waals surface area contributed by atoms with Crippen LogP contribution in [-0.2, 0) is 0 Å². The van der Waals surface area contributed by atoms with E-state index in [2.05, 4.69) is 249 Å². The lowest BCUT2D eigenvalue weighted by atomic mass is 9.93. The number of aromatic nitrogens is 2. The van der Waals surface area contributed by atoms with E-state index in [0.717, 1.165) is 0 Å². The molecule has 5 aromatic rings. The first-order chi connectivity index (χ1) is 29.7. The molecule has 0 radical (unpaired) electrons. The highest BCUT2D eigenvalue weighted by Crippen LogP contribution is 2.26. The Morgan fingerprint density at radius 3 is 0.785 bits per heavy atom. The molecule has 0 spiro atoms. The van der Waals surface area contributed by atoms with Gasteiger partial charge in [0.05, 0.1) is 0 Å². The fourth-order valence-electron chi connectivity index (χ4n) is 7.74. The highest BCUT2D eigenvalue weighted by atomic mass is 14.7. The molecule has 0 amide bonds. The van der Waals surface area contributed by atoms with Crippen LogP contribution in [0.25, 0.3) is 0 Å². The fraction of sp³-hybridized carbons (Fsp3) is 0.556. The van der Waals surface area contributed by atoms with Crippen LogP contribution in [0.1, 0.15) is 283 Å². The largest absolute Gasteiger partial charge is 0.261 e. The van der Waals surface area contributed by atoms with Crippen molar-refractivity contribution >= 4 is 0 Å². The maximum absolute atomic E-state index is 4.50. The Morgan fingerprint density at radius 2 is 0.569 bits per heavy atom. The molecule has 3 aromatic carbocycles. The van der Waals surface area contributed by atoms with Crippen LogP contribution in [0.15, 0.2) is 85.2 Å². The zero-order valence-electron chi connectivity index (χ0n) is 45.8. The van der Waals surface area contributed by atoms with Crippen LogP contribution in [0.4, 0.5) is 0 Å². The van der Waals surface area contributed by atoms with Gasteiger partial charge < -0.3 is 0 Å². The van der Waals surface area contributed by atoms with Gasteiger partial charge in [0, 0.05) is 23.8 Å². The van der Waals surface area contributed by atoms with Gasteiger partial charge in [-0.25, -0.2) is 0 Å². The normalized spacial score (nSPS) is 11.1. The molecule has 0 fully saturated rings. The molecule has 2 heterocycles. The summed E-state index contributed by atoms with van der Waals surface area (Å²) in [6.45, 7) is 53.2. The SMILES string of the molecule is C.CC(C)c1ccc(C(C)C)nc1.Cc1cc(C(C)C)ccc1C(C)C.Cc1cc(C(C)C)ccc1C(C)C.Cc1cc(C(C)C)ccc1C(C)C.Cc1cc(C(C)C)cnc1C(C)C. The molecule has 0 N–H and O–H groups in total. The van der Waals surface area contributed by atoms with E-state index in [0.29, 0.717) is 59.2 Å². The Bertz CT molecular complexity index is 1800. The fourth-order valence-corrected chi connectivity index (χ4v) is 7.74. The van der Waals surface area contributed by atoms with Crippen molar-refractivity contribution in [3.63, 3.8) is 0 Å². The molecule has 65 heavy (non-hydrogen) atoms. The molecule has 0 aliphatic heterocycles. The topological polar surface area (TPSA) is 25.8 Å². The molecule has 362 valence electrons. The van der Waals surface area contributed by atoms with Crippen molar-refractivity contribution in [2.45, 2.75) is 233 Å². The molecule has 0 atom stereocenters. The van der Waals surface area contributed by atoms with E-state index in [1.165, 1.54) is 78.1 Å². The minimum absolute atomic E-state index is 0. The lowest BCUT2D eigenvalue weighted by Gasteiger charge is -2.13. The summed E-state index contributed by atoms with van der Waals surface area (Å²) in [6.07, 6.45) is 3.99. The van der Waals surface area contributed by atoms with Crippen LogP contribution in [0.3, 0.4) is 0 Å². The second kappa shape index (κ2) is 29.6. The Kier molecular flexibility index (Phi) is 27.7. The first kappa shape index (κ1) is 61.0. The van der Waals surface area contributed by atoms with E-state index in [9.17, 15) is 0 Å². The second-order valence-electron chi connectivity index (χ2n) is 21.4. The number of aryl methyl sites for hydroxylation is 4. The highest BCUT2D eigenvalue weighted by molar-refractivity contribution is 5.36. The van der Waals surface area contributed by atoms with Gasteiger partial charge in [0.25, 0.3) is 0 Å². The van der Waals surface area contributed by atoms with Crippen molar-refractivity contribution in [3.05, 3.63) is 163 Å². The van der Waals surface area contributed by atoms with E-state index in [1.54, 1.807) is 0 Å². The average Bonchev–Trinajstić information content (AvgIpc) is 3.21. The smallest absolute Gasteiger partial charge is 0.0458 e. The molecule has 0 unspecified atom stereocenters. The van der Waals surface area contributed by atoms with E-state index < -0.39 is 0 Å². The van der Waals surface area contributed by atoms with Gasteiger partial charge in [0.2, 0.25) is 0 Å².